The lowest BCUT2D eigenvalue weighted by Crippen LogP contribution is -2.09. The largest absolute Gasteiger partial charge is 0.464 e. The van der Waals surface area contributed by atoms with Gasteiger partial charge in [0.1, 0.15) is 0 Å². The van der Waals surface area contributed by atoms with E-state index >= 15 is 0 Å². The second-order valence-electron chi connectivity index (χ2n) is 0.657. The van der Waals surface area contributed by atoms with Crippen LogP contribution in [0.4, 0.5) is 4.79 Å². The molecule has 0 aromatic rings. The van der Waals surface area contributed by atoms with Gasteiger partial charge in [0.25, 0.3) is 0 Å². The third-order valence-corrected chi connectivity index (χ3v) is 1.39. The van der Waals surface area contributed by atoms with Crippen LogP contribution in [0.3, 0.4) is 0 Å². The summed E-state index contributed by atoms with van der Waals surface area (Å²) < 4.78 is 2.09. The van der Waals surface area contributed by atoms with E-state index in [9.17, 15) is 4.79 Å². The van der Waals surface area contributed by atoms with Crippen molar-refractivity contribution in [3.05, 3.63) is 0 Å². The van der Waals surface area contributed by atoms with Gasteiger partial charge in [0.05, 0.1) is 0 Å². The summed E-state index contributed by atoms with van der Waals surface area (Å²) in [5, 5.41) is 7.90. The number of rotatable bonds is 2. The molecule has 0 aliphatic heterocycles. The summed E-state index contributed by atoms with van der Waals surface area (Å²) in [5.74, 6) is 0. The third kappa shape index (κ3) is 5.97. The van der Waals surface area contributed by atoms with Crippen molar-refractivity contribution in [3.63, 3.8) is 0 Å². The van der Waals surface area contributed by atoms with Crippen molar-refractivity contribution in [1.29, 1.82) is 0 Å². The van der Waals surface area contributed by atoms with Gasteiger partial charge < -0.3 is 5.11 Å². The highest BCUT2D eigenvalue weighted by Crippen LogP contribution is 2.10. The molecule has 0 saturated heterocycles. The van der Waals surface area contributed by atoms with Gasteiger partial charge >= 0.3 is 6.09 Å². The predicted molar refractivity (Wildman–Crippen MR) is 32.3 cm³/mol. The Bertz CT molecular complexity index is 66.7. The average Bonchev–Trinajstić information content (AvgIpc) is 1.61. The van der Waals surface area contributed by atoms with Gasteiger partial charge in [-0.2, -0.15) is 0 Å². The molecule has 0 bridgehead atoms. The minimum atomic E-state index is -1.00. The van der Waals surface area contributed by atoms with Crippen LogP contribution in [0.5, 0.6) is 0 Å². The molecule has 0 radical (unpaired) electrons. The molecule has 42 valence electrons. The van der Waals surface area contributed by atoms with Gasteiger partial charge in [0.2, 0.25) is 0 Å². The summed E-state index contributed by atoms with van der Waals surface area (Å²) in [5.41, 5.74) is 0. The summed E-state index contributed by atoms with van der Waals surface area (Å²) in [7, 11) is 2.44. The van der Waals surface area contributed by atoms with E-state index in [4.69, 9.17) is 5.11 Å². The Labute approximate surface area is 49.4 Å². The van der Waals surface area contributed by atoms with Crippen LogP contribution in [-0.2, 0) is 0 Å². The summed E-state index contributed by atoms with van der Waals surface area (Å²) in [6.45, 7) is 0. The predicted octanol–water partition coefficient (Wildman–Crippen LogP) is 1.18. The van der Waals surface area contributed by atoms with Gasteiger partial charge in [-0.3, -0.25) is 4.72 Å². The van der Waals surface area contributed by atoms with Crippen LogP contribution in [-0.4, -0.2) is 17.5 Å². The molecule has 7 heavy (non-hydrogen) atoms. The molecule has 0 aliphatic carbocycles. The van der Waals surface area contributed by atoms with Gasteiger partial charge in [-0.05, 0) is 6.26 Å². The standard InChI is InChI=1S/C2H5NO2S2/c1-6-7-3-2(4)5/h3H,1H3,(H,4,5). The summed E-state index contributed by atoms with van der Waals surface area (Å²) in [4.78, 5) is 9.61. The van der Waals surface area contributed by atoms with Crippen molar-refractivity contribution < 1.29 is 9.90 Å². The summed E-state index contributed by atoms with van der Waals surface area (Å²) >= 11 is 0. The first-order valence-electron chi connectivity index (χ1n) is 1.46. The Morgan fingerprint density at radius 1 is 1.86 bits per heavy atom. The van der Waals surface area contributed by atoms with E-state index in [1.807, 2.05) is 0 Å². The fourth-order valence-electron chi connectivity index (χ4n) is 0.0773. The number of hydrogen-bond donors (Lipinski definition) is 2. The van der Waals surface area contributed by atoms with Crippen molar-refractivity contribution in [2.75, 3.05) is 6.26 Å². The molecule has 0 heterocycles. The smallest absolute Gasteiger partial charge is 0.415 e. The molecular formula is C2H5NO2S2. The number of nitrogens with one attached hydrogen (secondary N) is 1. The van der Waals surface area contributed by atoms with Gasteiger partial charge in [0.15, 0.2) is 0 Å². The molecule has 3 nitrogen and oxygen atoms in total. The van der Waals surface area contributed by atoms with Crippen LogP contribution in [0.2, 0.25) is 0 Å². The topological polar surface area (TPSA) is 49.3 Å². The van der Waals surface area contributed by atoms with Crippen molar-refractivity contribution in [3.8, 4) is 0 Å². The molecule has 0 aliphatic rings. The van der Waals surface area contributed by atoms with Gasteiger partial charge in [0, 0.05) is 11.0 Å². The first-order valence-corrected chi connectivity index (χ1v) is 4.01. The minimum Gasteiger partial charge on any atom is -0.464 e. The maximum absolute atomic E-state index is 9.61. The Morgan fingerprint density at radius 3 is 2.57 bits per heavy atom. The van der Waals surface area contributed by atoms with Crippen molar-refractivity contribution in [1.82, 2.24) is 4.72 Å². The molecule has 2 N–H and O–H groups in total. The van der Waals surface area contributed by atoms with Crippen molar-refractivity contribution in [2.45, 2.75) is 0 Å². The molecule has 0 fully saturated rings. The SMILES string of the molecule is CSSNC(=O)O. The zero-order valence-electron chi connectivity index (χ0n) is 3.67. The Hall–Kier alpha value is -0.0300. The van der Waals surface area contributed by atoms with Crippen LogP contribution < -0.4 is 4.72 Å². The van der Waals surface area contributed by atoms with Crippen molar-refractivity contribution in [2.24, 2.45) is 0 Å². The van der Waals surface area contributed by atoms with Gasteiger partial charge in [-0.25, -0.2) is 4.79 Å². The van der Waals surface area contributed by atoms with Crippen LogP contribution in [0.15, 0.2) is 0 Å². The molecule has 0 spiro atoms. The molecule has 0 rings (SSSR count). The number of carbonyl (C=O) groups is 1. The molecule has 0 atom stereocenters. The van der Waals surface area contributed by atoms with Crippen LogP contribution >= 0.6 is 21.8 Å². The Kier molecular flexibility index (Phi) is 4.12. The first kappa shape index (κ1) is 6.97. The van der Waals surface area contributed by atoms with Gasteiger partial charge in [-0.1, -0.05) is 10.8 Å². The van der Waals surface area contributed by atoms with Crippen molar-refractivity contribution >= 4 is 27.9 Å². The molecule has 1 amide bonds. The van der Waals surface area contributed by atoms with E-state index in [2.05, 4.69) is 4.72 Å². The molecular weight excluding hydrogens is 134 g/mol. The summed E-state index contributed by atoms with van der Waals surface area (Å²) in [6, 6.07) is 0. The molecule has 0 saturated carbocycles. The van der Waals surface area contributed by atoms with Crippen LogP contribution in [0.25, 0.3) is 0 Å². The zero-order chi connectivity index (χ0) is 5.70. The monoisotopic (exact) mass is 139 g/mol. The molecule has 0 aromatic carbocycles. The highest BCUT2D eigenvalue weighted by atomic mass is 33.1. The second kappa shape index (κ2) is 4.14. The highest BCUT2D eigenvalue weighted by molar-refractivity contribution is 8.75. The Morgan fingerprint density at radius 2 is 2.43 bits per heavy atom. The van der Waals surface area contributed by atoms with E-state index in [0.717, 1.165) is 11.0 Å². The fourth-order valence-corrected chi connectivity index (χ4v) is 0.696. The number of amides is 1. The van der Waals surface area contributed by atoms with E-state index in [1.165, 1.54) is 10.8 Å². The molecule has 0 unspecified atom stereocenters. The number of hydrogen-bond acceptors (Lipinski definition) is 3. The lowest BCUT2D eigenvalue weighted by atomic mass is 11.3. The van der Waals surface area contributed by atoms with Crippen LogP contribution in [0, 0.1) is 0 Å². The average molecular weight is 139 g/mol. The fraction of sp³-hybridized carbons (Fsp3) is 0.500. The van der Waals surface area contributed by atoms with E-state index < -0.39 is 6.09 Å². The first-order chi connectivity index (χ1) is 3.27. The Balaban J connectivity index is 2.82. The minimum absolute atomic E-state index is 1.00. The maximum atomic E-state index is 9.61. The number of carboxylic acid groups (broad SMARTS) is 1. The van der Waals surface area contributed by atoms with Gasteiger partial charge in [-0.15, -0.1) is 0 Å². The summed E-state index contributed by atoms with van der Waals surface area (Å²) in [6.07, 6.45) is 0.792. The maximum Gasteiger partial charge on any atom is 0.415 e. The van der Waals surface area contributed by atoms with Crippen LogP contribution in [0.1, 0.15) is 0 Å². The van der Waals surface area contributed by atoms with E-state index in [1.54, 1.807) is 6.26 Å². The zero-order valence-corrected chi connectivity index (χ0v) is 5.30. The lowest BCUT2D eigenvalue weighted by Gasteiger charge is -1.89. The second-order valence-corrected chi connectivity index (χ2v) is 2.86. The quantitative estimate of drug-likeness (QED) is 0.445. The lowest BCUT2D eigenvalue weighted by molar-refractivity contribution is 0.202. The molecule has 5 heteroatoms. The molecule has 0 aromatic heterocycles. The normalized spacial score (nSPS) is 8.14. The highest BCUT2D eigenvalue weighted by Gasteiger charge is 1.88. The third-order valence-electron chi connectivity index (χ3n) is 0.212. The van der Waals surface area contributed by atoms with E-state index in [-0.39, 0.29) is 0 Å². The van der Waals surface area contributed by atoms with E-state index in [0.29, 0.717) is 0 Å².